The molecule has 0 spiro atoms. The zero-order valence-corrected chi connectivity index (χ0v) is 15.5. The number of benzene rings is 1. The molecule has 0 bridgehead atoms. The van der Waals surface area contributed by atoms with E-state index in [1.807, 2.05) is 0 Å². The van der Waals surface area contributed by atoms with Gasteiger partial charge in [0.1, 0.15) is 6.54 Å². The van der Waals surface area contributed by atoms with Crippen LogP contribution in [0.3, 0.4) is 0 Å². The molecule has 4 rings (SSSR count). The third kappa shape index (κ3) is 3.49. The highest BCUT2D eigenvalue weighted by atomic mass is 16.7. The van der Waals surface area contributed by atoms with Gasteiger partial charge in [-0.25, -0.2) is 9.78 Å². The molecule has 9 nitrogen and oxygen atoms in total. The van der Waals surface area contributed by atoms with Crippen molar-refractivity contribution >= 4 is 16.9 Å². The number of hydrogen-bond donors (Lipinski definition) is 1. The van der Waals surface area contributed by atoms with Gasteiger partial charge in [0.2, 0.25) is 12.7 Å². The molecule has 1 aliphatic heterocycles. The molecule has 3 aromatic rings. The van der Waals surface area contributed by atoms with Crippen molar-refractivity contribution in [1.82, 2.24) is 19.4 Å². The van der Waals surface area contributed by atoms with Crippen molar-refractivity contribution in [2.45, 2.75) is 13.1 Å². The summed E-state index contributed by atoms with van der Waals surface area (Å²) >= 11 is 0. The van der Waals surface area contributed by atoms with Gasteiger partial charge in [-0.3, -0.25) is 18.7 Å². The Balaban J connectivity index is 1.79. The second kappa shape index (κ2) is 7.63. The fourth-order valence-corrected chi connectivity index (χ4v) is 3.14. The predicted octanol–water partition coefficient (Wildman–Crippen LogP) is 0.637. The number of aromatic nitrogens is 3. The normalized spacial score (nSPS) is 12.1. The average Bonchev–Trinajstić information content (AvgIpc) is 3.20. The summed E-state index contributed by atoms with van der Waals surface area (Å²) in [5, 5.41) is 2.63. The first-order chi connectivity index (χ1) is 14.1. The second-order valence-corrected chi connectivity index (χ2v) is 6.41. The molecule has 0 radical (unpaired) electrons. The molecule has 0 saturated heterocycles. The van der Waals surface area contributed by atoms with Crippen molar-refractivity contribution in [1.29, 1.82) is 0 Å². The molecule has 1 aliphatic rings. The highest BCUT2D eigenvalue weighted by Gasteiger charge is 2.18. The van der Waals surface area contributed by atoms with Crippen molar-refractivity contribution in [3.8, 4) is 11.5 Å². The van der Waals surface area contributed by atoms with Gasteiger partial charge in [0.05, 0.1) is 12.1 Å². The van der Waals surface area contributed by atoms with E-state index in [0.29, 0.717) is 22.6 Å². The quantitative estimate of drug-likeness (QED) is 0.615. The number of nitrogens with one attached hydrogen (secondary N) is 1. The van der Waals surface area contributed by atoms with Crippen molar-refractivity contribution in [3.63, 3.8) is 0 Å². The minimum absolute atomic E-state index is 0.00903. The van der Waals surface area contributed by atoms with Crippen LogP contribution in [0.4, 0.5) is 0 Å². The summed E-state index contributed by atoms with van der Waals surface area (Å²) in [5.41, 5.74) is -0.0121. The SMILES string of the molecule is C=CCNC(=O)Cn1c(=O)n(Cc2ccc3c(c2)OCO3)c(=O)c2ncccc21. The van der Waals surface area contributed by atoms with Crippen LogP contribution in [0.25, 0.3) is 11.0 Å². The van der Waals surface area contributed by atoms with Crippen LogP contribution < -0.4 is 26.0 Å². The van der Waals surface area contributed by atoms with E-state index in [0.717, 1.165) is 4.57 Å². The van der Waals surface area contributed by atoms with E-state index in [1.165, 1.54) is 10.8 Å². The molecule has 0 aliphatic carbocycles. The van der Waals surface area contributed by atoms with E-state index in [2.05, 4.69) is 16.9 Å². The summed E-state index contributed by atoms with van der Waals surface area (Å²) in [6.45, 7) is 3.72. The maximum atomic E-state index is 13.1. The molecule has 0 atom stereocenters. The number of rotatable bonds is 6. The van der Waals surface area contributed by atoms with Crippen LogP contribution >= 0.6 is 0 Å². The highest BCUT2D eigenvalue weighted by molar-refractivity contribution is 5.79. The number of ether oxygens (including phenoxy) is 2. The number of carbonyl (C=O) groups is 1. The number of amides is 1. The Morgan fingerprint density at radius 3 is 2.86 bits per heavy atom. The highest BCUT2D eigenvalue weighted by Crippen LogP contribution is 2.32. The van der Waals surface area contributed by atoms with Crippen LogP contribution in [0.2, 0.25) is 0 Å². The zero-order valence-electron chi connectivity index (χ0n) is 15.5. The van der Waals surface area contributed by atoms with Crippen LogP contribution in [0.5, 0.6) is 11.5 Å². The van der Waals surface area contributed by atoms with Crippen molar-refractivity contribution in [2.75, 3.05) is 13.3 Å². The van der Waals surface area contributed by atoms with Gasteiger partial charge < -0.3 is 14.8 Å². The Labute approximate surface area is 164 Å². The van der Waals surface area contributed by atoms with E-state index in [-0.39, 0.29) is 37.9 Å². The zero-order chi connectivity index (χ0) is 20.4. The topological polar surface area (TPSA) is 104 Å². The third-order valence-electron chi connectivity index (χ3n) is 4.51. The first kappa shape index (κ1) is 18.5. The third-order valence-corrected chi connectivity index (χ3v) is 4.51. The minimum Gasteiger partial charge on any atom is -0.454 e. The molecule has 1 N–H and O–H groups in total. The van der Waals surface area contributed by atoms with Gasteiger partial charge in [-0.15, -0.1) is 6.58 Å². The van der Waals surface area contributed by atoms with Gasteiger partial charge in [-0.05, 0) is 29.8 Å². The van der Waals surface area contributed by atoms with Crippen LogP contribution in [-0.2, 0) is 17.9 Å². The number of nitrogens with zero attached hydrogens (tertiary/aromatic N) is 3. The van der Waals surface area contributed by atoms with Crippen LogP contribution in [0.15, 0.2) is 58.8 Å². The van der Waals surface area contributed by atoms with Crippen LogP contribution in [0, 0.1) is 0 Å². The van der Waals surface area contributed by atoms with Gasteiger partial charge in [-0.2, -0.15) is 0 Å². The monoisotopic (exact) mass is 394 g/mol. The molecule has 148 valence electrons. The average molecular weight is 394 g/mol. The lowest BCUT2D eigenvalue weighted by Crippen LogP contribution is -2.43. The molecule has 0 saturated carbocycles. The van der Waals surface area contributed by atoms with E-state index in [4.69, 9.17) is 9.47 Å². The standard InChI is InChI=1S/C20H18N4O5/c1-2-7-21-17(25)11-23-14-4-3-8-22-18(14)19(26)24(20(23)27)10-13-5-6-15-16(9-13)29-12-28-15/h2-6,8-9H,1,7,10-12H2,(H,21,25). The first-order valence-electron chi connectivity index (χ1n) is 8.93. The summed E-state index contributed by atoms with van der Waals surface area (Å²) in [6, 6.07) is 8.41. The van der Waals surface area contributed by atoms with Gasteiger partial charge in [0.15, 0.2) is 17.0 Å². The molecule has 9 heteroatoms. The Hall–Kier alpha value is -3.88. The minimum atomic E-state index is -0.595. The summed E-state index contributed by atoms with van der Waals surface area (Å²) in [6.07, 6.45) is 3.02. The molecular formula is C20H18N4O5. The van der Waals surface area contributed by atoms with Crippen LogP contribution in [0.1, 0.15) is 5.56 Å². The fourth-order valence-electron chi connectivity index (χ4n) is 3.14. The van der Waals surface area contributed by atoms with Gasteiger partial charge in [0.25, 0.3) is 5.56 Å². The maximum absolute atomic E-state index is 13.1. The van der Waals surface area contributed by atoms with E-state index >= 15 is 0 Å². The number of fused-ring (bicyclic) bond motifs is 2. The maximum Gasteiger partial charge on any atom is 0.332 e. The van der Waals surface area contributed by atoms with E-state index < -0.39 is 11.2 Å². The number of pyridine rings is 1. The molecule has 1 amide bonds. The lowest BCUT2D eigenvalue weighted by Gasteiger charge is -2.13. The Morgan fingerprint density at radius 2 is 2.03 bits per heavy atom. The summed E-state index contributed by atoms with van der Waals surface area (Å²) in [5.74, 6) is 0.793. The van der Waals surface area contributed by atoms with Crippen molar-refractivity contribution in [3.05, 3.63) is 75.6 Å². The number of carbonyl (C=O) groups excluding carboxylic acids is 1. The largest absolute Gasteiger partial charge is 0.454 e. The van der Waals surface area contributed by atoms with Gasteiger partial charge in [0, 0.05) is 12.7 Å². The van der Waals surface area contributed by atoms with E-state index in [9.17, 15) is 14.4 Å². The Morgan fingerprint density at radius 1 is 1.21 bits per heavy atom. The van der Waals surface area contributed by atoms with Crippen molar-refractivity contribution in [2.24, 2.45) is 0 Å². The lowest BCUT2D eigenvalue weighted by molar-refractivity contribution is -0.121. The smallest absolute Gasteiger partial charge is 0.332 e. The number of hydrogen-bond acceptors (Lipinski definition) is 6. The predicted molar refractivity (Wildman–Crippen MR) is 105 cm³/mol. The van der Waals surface area contributed by atoms with Crippen molar-refractivity contribution < 1.29 is 14.3 Å². The molecule has 3 heterocycles. The molecule has 0 fully saturated rings. The van der Waals surface area contributed by atoms with Gasteiger partial charge in [-0.1, -0.05) is 12.1 Å². The molecule has 2 aromatic heterocycles. The van der Waals surface area contributed by atoms with E-state index in [1.54, 1.807) is 36.4 Å². The molecular weight excluding hydrogens is 376 g/mol. The summed E-state index contributed by atoms with van der Waals surface area (Å²) < 4.78 is 12.9. The summed E-state index contributed by atoms with van der Waals surface area (Å²) in [7, 11) is 0. The lowest BCUT2D eigenvalue weighted by atomic mass is 10.2. The first-order valence-corrected chi connectivity index (χ1v) is 8.93. The van der Waals surface area contributed by atoms with Crippen LogP contribution in [-0.4, -0.2) is 33.4 Å². The van der Waals surface area contributed by atoms with Gasteiger partial charge >= 0.3 is 5.69 Å². The molecule has 1 aromatic carbocycles. The Bertz CT molecular complexity index is 1230. The fraction of sp³-hybridized carbons (Fsp3) is 0.200. The second-order valence-electron chi connectivity index (χ2n) is 6.41. The molecule has 0 unspecified atom stereocenters. The summed E-state index contributed by atoms with van der Waals surface area (Å²) in [4.78, 5) is 42.3. The molecule has 29 heavy (non-hydrogen) atoms. The Kier molecular flexibility index (Phi) is 4.86.